The molecular weight excluding hydrogens is 388 g/mol. The number of likely N-dealkylation sites (tertiary alicyclic amines) is 1. The van der Waals surface area contributed by atoms with Crippen LogP contribution in [0.5, 0.6) is 5.75 Å². The number of carbonyl (C=O) groups is 2. The van der Waals surface area contributed by atoms with Gasteiger partial charge in [0.2, 0.25) is 12.3 Å². The maximum atomic E-state index is 12.4. The van der Waals surface area contributed by atoms with Gasteiger partial charge in [0.1, 0.15) is 11.9 Å². The van der Waals surface area contributed by atoms with Crippen LogP contribution in [0.4, 0.5) is 5.69 Å². The SMILES string of the molecule is CN1C(=O)CC[C@]2(C)[C@H]3CC[C@]4(C)[C@@H](Oc5cccc(NC=O)c5)CC[C@H]4[C@@H]3CC[C@@H]12. The molecule has 0 spiro atoms. The van der Waals surface area contributed by atoms with Crippen LogP contribution in [0.3, 0.4) is 0 Å². The van der Waals surface area contributed by atoms with Crippen LogP contribution in [-0.4, -0.2) is 36.4 Å². The molecule has 5 rings (SSSR count). The molecule has 3 saturated carbocycles. The summed E-state index contributed by atoms with van der Waals surface area (Å²) in [6.07, 6.45) is 9.90. The second-order valence-corrected chi connectivity index (χ2v) is 11.0. The molecule has 5 nitrogen and oxygen atoms in total. The van der Waals surface area contributed by atoms with Crippen molar-refractivity contribution >= 4 is 18.0 Å². The molecule has 1 aromatic carbocycles. The van der Waals surface area contributed by atoms with E-state index in [1.54, 1.807) is 0 Å². The number of carbonyl (C=O) groups excluding carboxylic acids is 2. The Morgan fingerprint density at radius 2 is 1.87 bits per heavy atom. The van der Waals surface area contributed by atoms with Gasteiger partial charge in [-0.2, -0.15) is 0 Å². The third-order valence-electron chi connectivity index (χ3n) is 9.81. The van der Waals surface area contributed by atoms with Crippen molar-refractivity contribution in [2.45, 2.75) is 77.4 Å². The Hall–Kier alpha value is -2.04. The van der Waals surface area contributed by atoms with Gasteiger partial charge in [0.05, 0.1) is 0 Å². The first-order chi connectivity index (χ1) is 14.9. The second-order valence-electron chi connectivity index (χ2n) is 11.0. The number of benzene rings is 1. The van der Waals surface area contributed by atoms with Crippen LogP contribution in [0.15, 0.2) is 24.3 Å². The van der Waals surface area contributed by atoms with Gasteiger partial charge in [-0.15, -0.1) is 0 Å². The standard InChI is InChI=1S/C26H36N2O3/c1-25-14-12-24(30)28(3)22(25)9-7-19-20-8-10-23(26(20,2)13-11-21(19)25)31-18-6-4-5-17(15-18)27-16-29/h4-6,15-16,19-23H,7-14H2,1-3H3,(H,27,29)/t19-,20-,21-,22+,23-,25+,26-/m0/s1. The Balaban J connectivity index is 1.35. The molecule has 1 aliphatic heterocycles. The van der Waals surface area contributed by atoms with E-state index >= 15 is 0 Å². The van der Waals surface area contributed by atoms with E-state index < -0.39 is 0 Å². The summed E-state index contributed by atoms with van der Waals surface area (Å²) < 4.78 is 6.57. The predicted molar refractivity (Wildman–Crippen MR) is 121 cm³/mol. The molecule has 0 bridgehead atoms. The van der Waals surface area contributed by atoms with Crippen molar-refractivity contribution in [1.82, 2.24) is 4.90 Å². The lowest BCUT2D eigenvalue weighted by Gasteiger charge is -2.61. The second kappa shape index (κ2) is 7.53. The third-order valence-corrected chi connectivity index (χ3v) is 9.81. The Morgan fingerprint density at radius 3 is 2.68 bits per heavy atom. The van der Waals surface area contributed by atoms with E-state index in [-0.39, 0.29) is 16.9 Å². The molecule has 0 radical (unpaired) electrons. The molecule has 1 saturated heterocycles. The van der Waals surface area contributed by atoms with Crippen molar-refractivity contribution in [1.29, 1.82) is 0 Å². The van der Waals surface area contributed by atoms with Gasteiger partial charge in [0, 0.05) is 36.7 Å². The quantitative estimate of drug-likeness (QED) is 0.702. The maximum absolute atomic E-state index is 12.4. The number of rotatable bonds is 4. The fourth-order valence-electron chi connectivity index (χ4n) is 8.19. The summed E-state index contributed by atoms with van der Waals surface area (Å²) in [5.41, 5.74) is 1.24. The van der Waals surface area contributed by atoms with Gasteiger partial charge in [0.15, 0.2) is 0 Å². The van der Waals surface area contributed by atoms with Gasteiger partial charge in [-0.3, -0.25) is 9.59 Å². The number of nitrogens with zero attached hydrogens (tertiary/aromatic N) is 1. The molecule has 0 aromatic heterocycles. The highest BCUT2D eigenvalue weighted by molar-refractivity contribution is 5.77. The Kier molecular flexibility index (Phi) is 5.06. The normalized spacial score (nSPS) is 41.7. The molecule has 1 aromatic rings. The number of ether oxygens (including phenoxy) is 1. The highest BCUT2D eigenvalue weighted by Crippen LogP contribution is 2.65. The molecule has 168 valence electrons. The zero-order valence-electron chi connectivity index (χ0n) is 19.1. The van der Waals surface area contributed by atoms with Crippen molar-refractivity contribution in [3.05, 3.63) is 24.3 Å². The Labute approximate surface area is 185 Å². The van der Waals surface area contributed by atoms with Crippen LogP contribution in [0.25, 0.3) is 0 Å². The smallest absolute Gasteiger partial charge is 0.222 e. The number of amides is 2. The first-order valence-electron chi connectivity index (χ1n) is 12.1. The van der Waals surface area contributed by atoms with E-state index in [0.29, 0.717) is 30.7 Å². The molecule has 2 amide bonds. The summed E-state index contributed by atoms with van der Waals surface area (Å²) in [5, 5.41) is 2.72. The highest BCUT2D eigenvalue weighted by Gasteiger charge is 2.61. The monoisotopic (exact) mass is 424 g/mol. The summed E-state index contributed by atoms with van der Waals surface area (Å²) in [5.74, 6) is 3.36. The summed E-state index contributed by atoms with van der Waals surface area (Å²) in [6.45, 7) is 4.94. The minimum atomic E-state index is 0.203. The Bertz CT molecular complexity index is 872. The molecule has 3 aliphatic carbocycles. The van der Waals surface area contributed by atoms with Crippen molar-refractivity contribution in [2.24, 2.45) is 28.6 Å². The number of hydrogen-bond donors (Lipinski definition) is 1. The van der Waals surface area contributed by atoms with Gasteiger partial charge in [-0.05, 0) is 80.2 Å². The number of piperidine rings is 1. The molecule has 4 aliphatic rings. The minimum absolute atomic E-state index is 0.203. The minimum Gasteiger partial charge on any atom is -0.490 e. The largest absolute Gasteiger partial charge is 0.490 e. The van der Waals surface area contributed by atoms with Crippen molar-refractivity contribution < 1.29 is 14.3 Å². The van der Waals surface area contributed by atoms with Crippen molar-refractivity contribution in [3.8, 4) is 5.75 Å². The summed E-state index contributed by atoms with van der Waals surface area (Å²) in [7, 11) is 2.03. The maximum Gasteiger partial charge on any atom is 0.222 e. The fraction of sp³-hybridized carbons (Fsp3) is 0.692. The average molecular weight is 425 g/mol. The van der Waals surface area contributed by atoms with E-state index in [1.165, 1.54) is 25.7 Å². The number of hydrogen-bond acceptors (Lipinski definition) is 3. The molecule has 4 fully saturated rings. The lowest BCUT2D eigenvalue weighted by molar-refractivity contribution is -0.159. The first kappa shape index (κ1) is 20.8. The molecule has 1 N–H and O–H groups in total. The van der Waals surface area contributed by atoms with Crippen LogP contribution < -0.4 is 10.1 Å². The summed E-state index contributed by atoms with van der Waals surface area (Å²) in [6, 6.07) is 8.17. The van der Waals surface area contributed by atoms with Crippen LogP contribution in [0.1, 0.15) is 65.2 Å². The van der Waals surface area contributed by atoms with Crippen molar-refractivity contribution in [3.63, 3.8) is 0 Å². The first-order valence-corrected chi connectivity index (χ1v) is 12.1. The fourth-order valence-corrected chi connectivity index (χ4v) is 8.19. The van der Waals surface area contributed by atoms with Gasteiger partial charge in [0.25, 0.3) is 0 Å². The van der Waals surface area contributed by atoms with E-state index in [0.717, 1.165) is 42.5 Å². The molecule has 7 atom stereocenters. The van der Waals surface area contributed by atoms with Gasteiger partial charge in [-0.1, -0.05) is 19.9 Å². The van der Waals surface area contributed by atoms with Crippen molar-refractivity contribution in [2.75, 3.05) is 12.4 Å². The summed E-state index contributed by atoms with van der Waals surface area (Å²) >= 11 is 0. The number of nitrogens with one attached hydrogen (secondary N) is 1. The van der Waals surface area contributed by atoms with Crippen LogP contribution >= 0.6 is 0 Å². The van der Waals surface area contributed by atoms with Gasteiger partial charge in [-0.25, -0.2) is 0 Å². The van der Waals surface area contributed by atoms with Gasteiger partial charge < -0.3 is 15.0 Å². The topological polar surface area (TPSA) is 58.6 Å². The van der Waals surface area contributed by atoms with E-state index in [4.69, 9.17) is 4.74 Å². The third kappa shape index (κ3) is 3.18. The zero-order chi connectivity index (χ0) is 21.8. The molecule has 31 heavy (non-hydrogen) atoms. The molecule has 0 unspecified atom stereocenters. The molecule has 5 heteroatoms. The zero-order valence-corrected chi connectivity index (χ0v) is 19.1. The molecule has 1 heterocycles. The van der Waals surface area contributed by atoms with E-state index in [9.17, 15) is 9.59 Å². The molecular formula is C26H36N2O3. The average Bonchev–Trinajstić information content (AvgIpc) is 3.08. The lowest BCUT2D eigenvalue weighted by Crippen LogP contribution is -2.61. The van der Waals surface area contributed by atoms with Crippen LogP contribution in [0.2, 0.25) is 0 Å². The Morgan fingerprint density at radius 1 is 1.06 bits per heavy atom. The predicted octanol–water partition coefficient (Wildman–Crippen LogP) is 4.87. The summed E-state index contributed by atoms with van der Waals surface area (Å²) in [4.78, 5) is 25.2. The van der Waals surface area contributed by atoms with Gasteiger partial charge >= 0.3 is 0 Å². The van der Waals surface area contributed by atoms with E-state index in [2.05, 4.69) is 24.1 Å². The van der Waals surface area contributed by atoms with Crippen LogP contribution in [-0.2, 0) is 9.59 Å². The number of anilines is 1. The van der Waals surface area contributed by atoms with Crippen LogP contribution in [0, 0.1) is 28.6 Å². The highest BCUT2D eigenvalue weighted by atomic mass is 16.5. The number of fused-ring (bicyclic) bond motifs is 5. The van der Waals surface area contributed by atoms with E-state index in [1.807, 2.05) is 31.3 Å². The lowest BCUT2D eigenvalue weighted by atomic mass is 9.47.